The average molecular weight is 317 g/mol. The van der Waals surface area contributed by atoms with Crippen LogP contribution >= 0.6 is 0 Å². The molecule has 0 saturated carbocycles. The van der Waals surface area contributed by atoms with E-state index in [9.17, 15) is 18.0 Å². The van der Waals surface area contributed by atoms with Crippen LogP contribution in [0.3, 0.4) is 0 Å². The maximum atomic E-state index is 12.0. The van der Waals surface area contributed by atoms with Gasteiger partial charge in [-0.1, -0.05) is 0 Å². The molecule has 0 fully saturated rings. The molecule has 4 N–H and O–H groups in total. The molecule has 0 bridgehead atoms. The summed E-state index contributed by atoms with van der Waals surface area (Å²) in [6.07, 6.45) is 1.34. The van der Waals surface area contributed by atoms with Crippen molar-refractivity contribution in [3.63, 3.8) is 0 Å². The summed E-state index contributed by atoms with van der Waals surface area (Å²) < 4.78 is 30.2. The summed E-state index contributed by atoms with van der Waals surface area (Å²) in [4.78, 5) is 26.7. The minimum atomic E-state index is -4.55. The summed E-state index contributed by atoms with van der Waals surface area (Å²) in [6, 6.07) is 1.38. The van der Waals surface area contributed by atoms with E-state index < -0.39 is 33.8 Å². The number of carboxylic acids is 1. The first-order valence-corrected chi connectivity index (χ1v) is 7.53. The summed E-state index contributed by atoms with van der Waals surface area (Å²) in [5, 5.41) is 13.8. The molecule has 0 radical (unpaired) electrons. The molecule has 1 rings (SSSR count). The summed E-state index contributed by atoms with van der Waals surface area (Å²) in [5.41, 5.74) is 0.314. The standard InChI is InChI=1S/C11H15N3O6S/c1-2-12-7-4-3-5-13-9(7)10(15)14-8(11(16)17)6-21(18,19)20/h3-5,8,12H,2,6H2,1H3,(H,14,15)(H,16,17)(H,18,19,20). The van der Waals surface area contributed by atoms with Gasteiger partial charge in [0.15, 0.2) is 5.69 Å². The van der Waals surface area contributed by atoms with Crippen molar-refractivity contribution in [2.75, 3.05) is 17.6 Å². The predicted octanol–water partition coefficient (Wildman–Crippen LogP) is -0.416. The minimum absolute atomic E-state index is 0.0686. The third-order valence-corrected chi connectivity index (χ3v) is 3.13. The number of carbonyl (C=O) groups excluding carboxylic acids is 1. The van der Waals surface area contributed by atoms with Gasteiger partial charge in [-0.05, 0) is 19.1 Å². The molecule has 1 aromatic rings. The summed E-state index contributed by atoms with van der Waals surface area (Å²) in [5.74, 6) is -3.57. The Morgan fingerprint density at radius 3 is 2.62 bits per heavy atom. The summed E-state index contributed by atoms with van der Waals surface area (Å²) >= 11 is 0. The number of hydrogen-bond donors (Lipinski definition) is 4. The molecule has 0 spiro atoms. The summed E-state index contributed by atoms with van der Waals surface area (Å²) in [7, 11) is -4.55. The number of anilines is 1. The second-order valence-electron chi connectivity index (χ2n) is 4.04. The van der Waals surface area contributed by atoms with E-state index in [1.165, 1.54) is 6.20 Å². The molecule has 10 heteroatoms. The van der Waals surface area contributed by atoms with Gasteiger partial charge < -0.3 is 15.7 Å². The molecule has 1 atom stereocenters. The van der Waals surface area contributed by atoms with Crippen LogP contribution in [0.15, 0.2) is 18.3 Å². The van der Waals surface area contributed by atoms with Crippen molar-refractivity contribution >= 4 is 27.7 Å². The fourth-order valence-electron chi connectivity index (χ4n) is 1.53. The number of carbonyl (C=O) groups is 2. The van der Waals surface area contributed by atoms with Crippen LogP contribution in [0.5, 0.6) is 0 Å². The zero-order chi connectivity index (χ0) is 16.0. The Hall–Kier alpha value is -2.20. The Balaban J connectivity index is 2.95. The molecule has 0 aromatic carbocycles. The van der Waals surface area contributed by atoms with Crippen molar-refractivity contribution in [1.82, 2.24) is 10.3 Å². The number of amides is 1. The summed E-state index contributed by atoms with van der Waals surface area (Å²) in [6.45, 7) is 2.31. The van der Waals surface area contributed by atoms with Gasteiger partial charge >= 0.3 is 5.97 Å². The van der Waals surface area contributed by atoms with Crippen LogP contribution in [-0.4, -0.2) is 53.3 Å². The van der Waals surface area contributed by atoms with Crippen LogP contribution in [0.25, 0.3) is 0 Å². The molecule has 9 nitrogen and oxygen atoms in total. The maximum Gasteiger partial charge on any atom is 0.327 e. The number of pyridine rings is 1. The lowest BCUT2D eigenvalue weighted by Crippen LogP contribution is -2.45. The third kappa shape index (κ3) is 5.36. The molecular formula is C11H15N3O6S. The SMILES string of the molecule is CCNc1cccnc1C(=O)NC(CS(=O)(=O)O)C(=O)O. The Bertz CT molecular complexity index is 631. The molecule has 21 heavy (non-hydrogen) atoms. The highest BCUT2D eigenvalue weighted by Gasteiger charge is 2.27. The normalized spacial score (nSPS) is 12.5. The van der Waals surface area contributed by atoms with Gasteiger partial charge in [0, 0.05) is 12.7 Å². The van der Waals surface area contributed by atoms with Crippen molar-refractivity contribution in [3.05, 3.63) is 24.0 Å². The fraction of sp³-hybridized carbons (Fsp3) is 0.364. The molecule has 0 aliphatic heterocycles. The van der Waals surface area contributed by atoms with Gasteiger partial charge in [0.05, 0.1) is 5.69 Å². The van der Waals surface area contributed by atoms with Crippen LogP contribution in [0.2, 0.25) is 0 Å². The van der Waals surface area contributed by atoms with Crippen LogP contribution in [0, 0.1) is 0 Å². The molecular weight excluding hydrogens is 302 g/mol. The molecule has 116 valence electrons. The zero-order valence-corrected chi connectivity index (χ0v) is 11.9. The number of aliphatic carboxylic acids is 1. The van der Waals surface area contributed by atoms with Crippen LogP contribution in [-0.2, 0) is 14.9 Å². The van der Waals surface area contributed by atoms with E-state index in [-0.39, 0.29) is 5.69 Å². The maximum absolute atomic E-state index is 12.0. The second kappa shape index (κ2) is 6.99. The van der Waals surface area contributed by atoms with Gasteiger partial charge in [-0.15, -0.1) is 0 Å². The lowest BCUT2D eigenvalue weighted by atomic mass is 10.2. The van der Waals surface area contributed by atoms with Crippen LogP contribution in [0.1, 0.15) is 17.4 Å². The van der Waals surface area contributed by atoms with E-state index >= 15 is 0 Å². The molecule has 0 aliphatic rings. The lowest BCUT2D eigenvalue weighted by Gasteiger charge is -2.14. The van der Waals surface area contributed by atoms with Crippen LogP contribution < -0.4 is 10.6 Å². The number of rotatable bonds is 7. The Morgan fingerprint density at radius 2 is 2.10 bits per heavy atom. The van der Waals surface area contributed by atoms with E-state index in [0.29, 0.717) is 12.2 Å². The second-order valence-corrected chi connectivity index (χ2v) is 5.54. The predicted molar refractivity (Wildman–Crippen MR) is 73.7 cm³/mol. The number of hydrogen-bond acceptors (Lipinski definition) is 6. The van der Waals surface area contributed by atoms with E-state index in [2.05, 4.69) is 10.3 Å². The Morgan fingerprint density at radius 1 is 1.43 bits per heavy atom. The first-order valence-electron chi connectivity index (χ1n) is 5.92. The fourth-order valence-corrected chi connectivity index (χ4v) is 2.18. The number of carboxylic acid groups (broad SMARTS) is 1. The lowest BCUT2D eigenvalue weighted by molar-refractivity contribution is -0.138. The van der Waals surface area contributed by atoms with Crippen LogP contribution in [0.4, 0.5) is 5.69 Å². The minimum Gasteiger partial charge on any atom is -0.480 e. The monoisotopic (exact) mass is 317 g/mol. The highest BCUT2D eigenvalue weighted by Crippen LogP contribution is 2.11. The smallest absolute Gasteiger partial charge is 0.327 e. The van der Waals surface area contributed by atoms with Crippen molar-refractivity contribution in [3.8, 4) is 0 Å². The van der Waals surface area contributed by atoms with Crippen molar-refractivity contribution in [2.24, 2.45) is 0 Å². The van der Waals surface area contributed by atoms with Gasteiger partial charge in [0.25, 0.3) is 16.0 Å². The number of nitrogens with zero attached hydrogens (tertiary/aromatic N) is 1. The Labute approximate surface area is 121 Å². The van der Waals surface area contributed by atoms with Gasteiger partial charge in [-0.25, -0.2) is 9.78 Å². The van der Waals surface area contributed by atoms with Crippen molar-refractivity contribution in [2.45, 2.75) is 13.0 Å². The molecule has 1 heterocycles. The molecule has 0 saturated heterocycles. The highest BCUT2D eigenvalue weighted by molar-refractivity contribution is 7.85. The van der Waals surface area contributed by atoms with E-state index in [1.54, 1.807) is 19.1 Å². The van der Waals surface area contributed by atoms with Gasteiger partial charge in [-0.2, -0.15) is 8.42 Å². The third-order valence-electron chi connectivity index (χ3n) is 2.37. The number of nitrogens with one attached hydrogen (secondary N) is 2. The number of aromatic nitrogens is 1. The molecule has 1 aromatic heterocycles. The molecule has 0 aliphatic carbocycles. The largest absolute Gasteiger partial charge is 0.480 e. The molecule has 1 unspecified atom stereocenters. The highest BCUT2D eigenvalue weighted by atomic mass is 32.2. The zero-order valence-electron chi connectivity index (χ0n) is 11.1. The Kier molecular flexibility index (Phi) is 5.61. The van der Waals surface area contributed by atoms with Crippen molar-refractivity contribution < 1.29 is 27.7 Å². The topological polar surface area (TPSA) is 146 Å². The first-order chi connectivity index (χ1) is 9.74. The average Bonchev–Trinajstić information content (AvgIpc) is 2.37. The quantitative estimate of drug-likeness (QED) is 0.496. The van der Waals surface area contributed by atoms with Gasteiger partial charge in [-0.3, -0.25) is 9.35 Å². The van der Waals surface area contributed by atoms with E-state index in [1.807, 2.05) is 5.32 Å². The van der Waals surface area contributed by atoms with Gasteiger partial charge in [0.1, 0.15) is 11.8 Å². The van der Waals surface area contributed by atoms with E-state index in [0.717, 1.165) is 0 Å². The first kappa shape index (κ1) is 16.9. The molecule has 1 amide bonds. The van der Waals surface area contributed by atoms with E-state index in [4.69, 9.17) is 9.66 Å². The van der Waals surface area contributed by atoms with Gasteiger partial charge in [0.2, 0.25) is 0 Å². The van der Waals surface area contributed by atoms with Crippen molar-refractivity contribution in [1.29, 1.82) is 0 Å².